The van der Waals surface area contributed by atoms with E-state index in [0.717, 1.165) is 37.9 Å². The molecule has 0 aliphatic rings. The second-order valence-electron chi connectivity index (χ2n) is 10.3. The Balaban J connectivity index is 1.50. The van der Waals surface area contributed by atoms with Gasteiger partial charge in [-0.05, 0) is 84.2 Å². The summed E-state index contributed by atoms with van der Waals surface area (Å²) < 4.78 is 78.2. The van der Waals surface area contributed by atoms with Crippen LogP contribution in [0, 0.1) is 0 Å². The third kappa shape index (κ3) is 3.30. The van der Waals surface area contributed by atoms with Crippen LogP contribution < -0.4 is 0 Å². The number of fused-ring (bicyclic) bond motifs is 8. The Kier molecular flexibility index (Phi) is 3.34. The summed E-state index contributed by atoms with van der Waals surface area (Å²) >= 11 is 0. The minimum atomic E-state index is -0.431. The van der Waals surface area contributed by atoms with Crippen molar-refractivity contribution in [1.82, 2.24) is 0 Å². The predicted octanol–water partition coefficient (Wildman–Crippen LogP) is 11.5. The lowest BCUT2D eigenvalue weighted by Gasteiger charge is -2.18. The highest BCUT2D eigenvalue weighted by molar-refractivity contribution is 6.22. The van der Waals surface area contributed by atoms with Crippen LogP contribution in [0.15, 0.2) is 150 Å². The molecule has 0 aliphatic heterocycles. The lowest BCUT2D eigenvalue weighted by Crippen LogP contribution is -1.90. The van der Waals surface area contributed by atoms with Crippen LogP contribution in [0.2, 0.25) is 0 Å². The van der Waals surface area contributed by atoms with Crippen LogP contribution in [0.3, 0.4) is 0 Å². The van der Waals surface area contributed by atoms with Gasteiger partial charge in [-0.2, -0.15) is 0 Å². The van der Waals surface area contributed by atoms with E-state index in [9.17, 15) is 5.48 Å². The Morgan fingerprint density at radius 1 is 0.415 bits per heavy atom. The van der Waals surface area contributed by atoms with Crippen LogP contribution in [0.5, 0.6) is 0 Å². The molecule has 1 aromatic heterocycles. The van der Waals surface area contributed by atoms with Crippen molar-refractivity contribution in [3.63, 3.8) is 0 Å². The van der Waals surface area contributed by atoms with Crippen molar-refractivity contribution in [3.8, 4) is 22.3 Å². The molecule has 0 saturated heterocycles. The first-order valence-electron chi connectivity index (χ1n) is 17.4. The average molecular weight is 529 g/mol. The van der Waals surface area contributed by atoms with Crippen LogP contribution in [-0.4, -0.2) is 0 Å². The van der Waals surface area contributed by atoms with E-state index in [0.29, 0.717) is 27.8 Å². The lowest BCUT2D eigenvalue weighted by atomic mass is 9.85. The number of furan rings is 1. The molecular weight excluding hydrogens is 496 g/mol. The Morgan fingerprint density at radius 3 is 1.66 bits per heavy atom. The van der Waals surface area contributed by atoms with Gasteiger partial charge in [0.05, 0.1) is 11.0 Å². The Hall–Kier alpha value is -5.40. The number of hydrogen-bond donors (Lipinski definition) is 0. The first-order chi connectivity index (χ1) is 23.7. The van der Waals surface area contributed by atoms with Crippen molar-refractivity contribution in [1.29, 1.82) is 0 Å². The Bertz CT molecular complexity index is 2850. The van der Waals surface area contributed by atoms with Crippen LogP contribution in [0.25, 0.3) is 87.3 Å². The zero-order valence-electron chi connectivity index (χ0n) is 29.6. The molecule has 0 bridgehead atoms. The van der Waals surface area contributed by atoms with Crippen molar-refractivity contribution in [3.05, 3.63) is 145 Å². The van der Waals surface area contributed by atoms with Crippen molar-refractivity contribution >= 4 is 65.0 Å². The third-order valence-electron chi connectivity index (χ3n) is 8.07. The summed E-state index contributed by atoms with van der Waals surface area (Å²) in [5, 5.41) is 6.33. The fourth-order valence-electron chi connectivity index (χ4n) is 6.21. The van der Waals surface area contributed by atoms with Gasteiger partial charge in [0, 0.05) is 16.2 Å². The molecule has 0 amide bonds. The van der Waals surface area contributed by atoms with Gasteiger partial charge in [-0.3, -0.25) is 0 Å². The van der Waals surface area contributed by atoms with Crippen molar-refractivity contribution < 1.29 is 15.4 Å². The van der Waals surface area contributed by atoms with Gasteiger partial charge in [-0.15, -0.1) is 0 Å². The summed E-state index contributed by atoms with van der Waals surface area (Å²) in [6.45, 7) is 0. The van der Waals surface area contributed by atoms with E-state index in [2.05, 4.69) is 0 Å². The van der Waals surface area contributed by atoms with Gasteiger partial charge in [-0.1, -0.05) is 121 Å². The quantitative estimate of drug-likeness (QED) is 0.203. The van der Waals surface area contributed by atoms with Gasteiger partial charge in [0.25, 0.3) is 0 Å². The molecular formula is C40H24O. The van der Waals surface area contributed by atoms with E-state index in [1.165, 1.54) is 0 Å². The molecule has 0 fully saturated rings. The molecule has 0 spiro atoms. The van der Waals surface area contributed by atoms with Gasteiger partial charge < -0.3 is 4.42 Å². The molecule has 1 nitrogen and oxygen atoms in total. The molecule has 0 atom stereocenters. The Morgan fingerprint density at radius 2 is 0.951 bits per heavy atom. The minimum absolute atomic E-state index is 0.174. The van der Waals surface area contributed by atoms with E-state index in [1.54, 1.807) is 6.07 Å². The number of benzene rings is 8. The molecule has 0 radical (unpaired) electrons. The molecule has 8 aromatic carbocycles. The van der Waals surface area contributed by atoms with E-state index < -0.39 is 24.2 Å². The largest absolute Gasteiger partial charge is 0.455 e. The van der Waals surface area contributed by atoms with E-state index in [4.69, 9.17) is 9.90 Å². The minimum Gasteiger partial charge on any atom is -0.455 e. The fourth-order valence-corrected chi connectivity index (χ4v) is 6.21. The van der Waals surface area contributed by atoms with Crippen LogP contribution in [0.4, 0.5) is 0 Å². The third-order valence-corrected chi connectivity index (χ3v) is 8.07. The summed E-state index contributed by atoms with van der Waals surface area (Å²) in [5.74, 6) is 0. The molecule has 9 aromatic rings. The van der Waals surface area contributed by atoms with E-state index in [-0.39, 0.29) is 45.7 Å². The molecule has 9 rings (SSSR count). The molecule has 0 saturated carbocycles. The highest BCUT2D eigenvalue weighted by Crippen LogP contribution is 2.45. The van der Waals surface area contributed by atoms with E-state index in [1.807, 2.05) is 91.0 Å². The maximum Gasteiger partial charge on any atom is 0.143 e. The van der Waals surface area contributed by atoms with Gasteiger partial charge in [0.15, 0.2) is 0 Å². The van der Waals surface area contributed by atoms with Crippen molar-refractivity contribution in [2.24, 2.45) is 0 Å². The van der Waals surface area contributed by atoms with Crippen molar-refractivity contribution in [2.75, 3.05) is 0 Å². The first kappa shape index (κ1) is 16.0. The number of rotatable bonds is 2. The highest BCUT2D eigenvalue weighted by atomic mass is 16.3. The van der Waals surface area contributed by atoms with E-state index >= 15 is 0 Å². The summed E-state index contributed by atoms with van der Waals surface area (Å²) in [4.78, 5) is 0. The average Bonchev–Trinajstić information content (AvgIpc) is 3.51. The van der Waals surface area contributed by atoms with Gasteiger partial charge in [-0.25, -0.2) is 0 Å². The summed E-state index contributed by atoms with van der Waals surface area (Å²) in [6, 6.07) is 28.0. The predicted molar refractivity (Wildman–Crippen MR) is 175 cm³/mol. The lowest BCUT2D eigenvalue weighted by molar-refractivity contribution is 0.673. The van der Waals surface area contributed by atoms with Gasteiger partial charge in [0.1, 0.15) is 11.2 Å². The molecule has 1 heteroatoms. The topological polar surface area (TPSA) is 13.1 Å². The summed E-state index contributed by atoms with van der Waals surface area (Å²) in [7, 11) is 0. The highest BCUT2D eigenvalue weighted by Gasteiger charge is 2.18. The zero-order chi connectivity index (χ0) is 33.9. The van der Waals surface area contributed by atoms with Crippen LogP contribution >= 0.6 is 0 Å². The standard InChI is InChI=1S/C40H24O/c1-2-11-27-23-28(18-17-25(27)9-1)38-32-13-5-7-15-34(32)39(35-16-8-6-14-33(35)38)29-20-21-31-36-22-19-26-10-3-4-12-30(26)40(36)41-37(31)24-29/h1-24H/i5D,6D,7D,8D,13D,14D,15D,16D. The SMILES string of the molecule is [2H]c1c([2H])c([2H])c2c(-c3ccc4c(c3)oc3c5ccccc5ccc43)c3c([2H])c([2H])c([2H])c([2H])c3c(-c3ccc4ccccc4c3)c2c1[2H]. The Labute approximate surface area is 248 Å². The number of hydrogen-bond acceptors (Lipinski definition) is 1. The molecule has 0 unspecified atom stereocenters. The monoisotopic (exact) mass is 528 g/mol. The smallest absolute Gasteiger partial charge is 0.143 e. The van der Waals surface area contributed by atoms with Gasteiger partial charge in [0.2, 0.25) is 0 Å². The molecule has 190 valence electrons. The molecule has 1 heterocycles. The molecule has 0 aliphatic carbocycles. The second-order valence-corrected chi connectivity index (χ2v) is 10.3. The fraction of sp³-hybridized carbons (Fsp3) is 0. The van der Waals surface area contributed by atoms with Crippen molar-refractivity contribution in [2.45, 2.75) is 0 Å². The summed E-state index contributed by atoms with van der Waals surface area (Å²) in [5.41, 5.74) is 2.97. The van der Waals surface area contributed by atoms with Crippen LogP contribution in [-0.2, 0) is 0 Å². The molecule has 41 heavy (non-hydrogen) atoms. The maximum absolute atomic E-state index is 9.24. The normalized spacial score (nSPS) is 14.6. The molecule has 0 N–H and O–H groups in total. The zero-order valence-corrected chi connectivity index (χ0v) is 21.6. The van der Waals surface area contributed by atoms with Crippen LogP contribution in [0.1, 0.15) is 11.0 Å². The maximum atomic E-state index is 9.24. The second kappa shape index (κ2) is 8.55. The summed E-state index contributed by atoms with van der Waals surface area (Å²) in [6.07, 6.45) is 0. The van der Waals surface area contributed by atoms with Gasteiger partial charge >= 0.3 is 0 Å². The first-order valence-corrected chi connectivity index (χ1v) is 13.4.